The molecular formula is C17H23NO. The summed E-state index contributed by atoms with van der Waals surface area (Å²) in [7, 11) is 0. The van der Waals surface area contributed by atoms with Crippen molar-refractivity contribution in [2.75, 3.05) is 6.61 Å². The van der Waals surface area contributed by atoms with Gasteiger partial charge in [-0.3, -0.25) is 0 Å². The van der Waals surface area contributed by atoms with Crippen molar-refractivity contribution in [3.8, 4) is 11.8 Å². The third kappa shape index (κ3) is 3.29. The lowest BCUT2D eigenvalue weighted by Crippen LogP contribution is -2.23. The normalized spacial score (nSPS) is 18.0. The highest BCUT2D eigenvalue weighted by atomic mass is 16.5. The predicted octanol–water partition coefficient (Wildman–Crippen LogP) is 4.45. The van der Waals surface area contributed by atoms with E-state index in [1.54, 1.807) is 0 Å². The molecule has 0 aliphatic heterocycles. The summed E-state index contributed by atoms with van der Waals surface area (Å²) in [4.78, 5) is 0. The Morgan fingerprint density at radius 2 is 1.95 bits per heavy atom. The van der Waals surface area contributed by atoms with E-state index >= 15 is 0 Å². The Balaban J connectivity index is 2.06. The summed E-state index contributed by atoms with van der Waals surface area (Å²) in [6.45, 7) is 7.11. The van der Waals surface area contributed by atoms with Crippen molar-refractivity contribution < 1.29 is 4.74 Å². The van der Waals surface area contributed by atoms with E-state index in [9.17, 15) is 5.26 Å². The molecule has 2 nitrogen and oxygen atoms in total. The smallest absolute Gasteiger partial charge is 0.119 e. The van der Waals surface area contributed by atoms with Gasteiger partial charge in [0.05, 0.1) is 11.5 Å². The first-order valence-electron chi connectivity index (χ1n) is 7.10. The first kappa shape index (κ1) is 13.9. The molecule has 1 fully saturated rings. The van der Waals surface area contributed by atoms with Gasteiger partial charge in [0.15, 0.2) is 0 Å². The molecule has 1 aliphatic rings. The first-order valence-corrected chi connectivity index (χ1v) is 7.10. The molecular weight excluding hydrogens is 234 g/mol. The van der Waals surface area contributed by atoms with Crippen molar-refractivity contribution in [1.82, 2.24) is 0 Å². The SMILES string of the molecule is CC(C)(C)c1cccc(OCC2(C#N)CCCC2)c1. The molecule has 0 bridgehead atoms. The zero-order chi connectivity index (χ0) is 13.9. The fraction of sp³-hybridized carbons (Fsp3) is 0.588. The fourth-order valence-electron chi connectivity index (χ4n) is 2.61. The topological polar surface area (TPSA) is 33.0 Å². The Morgan fingerprint density at radius 3 is 2.53 bits per heavy atom. The molecule has 1 aromatic carbocycles. The second-order valence-corrected chi connectivity index (χ2v) is 6.67. The molecule has 102 valence electrons. The van der Waals surface area contributed by atoms with E-state index in [4.69, 9.17) is 4.74 Å². The average Bonchev–Trinajstić information content (AvgIpc) is 2.85. The number of rotatable bonds is 3. The van der Waals surface area contributed by atoms with Gasteiger partial charge in [0.25, 0.3) is 0 Å². The zero-order valence-corrected chi connectivity index (χ0v) is 12.2. The molecule has 0 saturated heterocycles. The molecule has 0 spiro atoms. The van der Waals surface area contributed by atoms with Gasteiger partial charge in [-0.05, 0) is 36.0 Å². The third-order valence-electron chi connectivity index (χ3n) is 4.01. The van der Waals surface area contributed by atoms with Crippen molar-refractivity contribution in [1.29, 1.82) is 5.26 Å². The molecule has 0 radical (unpaired) electrons. The van der Waals surface area contributed by atoms with Crippen molar-refractivity contribution >= 4 is 0 Å². The largest absolute Gasteiger partial charge is 0.492 e. The molecule has 0 heterocycles. The summed E-state index contributed by atoms with van der Waals surface area (Å²) in [5.74, 6) is 0.883. The van der Waals surface area contributed by atoms with Crippen molar-refractivity contribution in [3.05, 3.63) is 29.8 Å². The van der Waals surface area contributed by atoms with E-state index in [0.717, 1.165) is 31.4 Å². The highest BCUT2D eigenvalue weighted by Crippen LogP contribution is 2.38. The van der Waals surface area contributed by atoms with E-state index < -0.39 is 0 Å². The minimum atomic E-state index is -0.252. The molecule has 0 amide bonds. The standard InChI is InChI=1S/C17H23NO/c1-16(2,3)14-7-6-8-15(11-14)19-13-17(12-18)9-4-5-10-17/h6-8,11H,4-5,9-10,13H2,1-3H3. The number of ether oxygens (including phenoxy) is 1. The van der Waals surface area contributed by atoms with E-state index in [2.05, 4.69) is 39.0 Å². The van der Waals surface area contributed by atoms with Gasteiger partial charge in [-0.15, -0.1) is 0 Å². The molecule has 2 heteroatoms. The number of nitrogens with zero attached hydrogens (tertiary/aromatic N) is 1. The molecule has 2 rings (SSSR count). The van der Waals surface area contributed by atoms with Crippen LogP contribution in [0.1, 0.15) is 52.0 Å². The van der Waals surface area contributed by atoms with Gasteiger partial charge in [-0.1, -0.05) is 45.7 Å². The summed E-state index contributed by atoms with van der Waals surface area (Å²) in [6, 6.07) is 10.7. The van der Waals surface area contributed by atoms with E-state index in [1.165, 1.54) is 5.56 Å². The minimum Gasteiger partial charge on any atom is -0.492 e. The molecule has 0 atom stereocenters. The summed E-state index contributed by atoms with van der Waals surface area (Å²) < 4.78 is 5.90. The number of hydrogen-bond donors (Lipinski definition) is 0. The third-order valence-corrected chi connectivity index (χ3v) is 4.01. The molecule has 0 aromatic heterocycles. The van der Waals surface area contributed by atoms with Crippen molar-refractivity contribution in [2.24, 2.45) is 5.41 Å². The molecule has 1 aliphatic carbocycles. The highest BCUT2D eigenvalue weighted by Gasteiger charge is 2.34. The maximum Gasteiger partial charge on any atom is 0.119 e. The van der Waals surface area contributed by atoms with Gasteiger partial charge < -0.3 is 4.74 Å². The average molecular weight is 257 g/mol. The van der Waals surface area contributed by atoms with Crippen LogP contribution >= 0.6 is 0 Å². The summed E-state index contributed by atoms with van der Waals surface area (Å²) in [6.07, 6.45) is 4.25. The minimum absolute atomic E-state index is 0.125. The van der Waals surface area contributed by atoms with E-state index in [1.807, 2.05) is 12.1 Å². The summed E-state index contributed by atoms with van der Waals surface area (Å²) >= 11 is 0. The van der Waals surface area contributed by atoms with Crippen LogP contribution in [0.25, 0.3) is 0 Å². The lowest BCUT2D eigenvalue weighted by atomic mass is 9.87. The van der Waals surface area contributed by atoms with Crippen LogP contribution < -0.4 is 4.74 Å². The van der Waals surface area contributed by atoms with Gasteiger partial charge in [-0.2, -0.15) is 5.26 Å². The quantitative estimate of drug-likeness (QED) is 0.801. The monoisotopic (exact) mass is 257 g/mol. The lowest BCUT2D eigenvalue weighted by molar-refractivity contribution is 0.201. The van der Waals surface area contributed by atoms with Gasteiger partial charge in [0.2, 0.25) is 0 Å². The van der Waals surface area contributed by atoms with E-state index in [-0.39, 0.29) is 10.8 Å². The Kier molecular flexibility index (Phi) is 3.85. The fourth-order valence-corrected chi connectivity index (χ4v) is 2.61. The van der Waals surface area contributed by atoms with Crippen LogP contribution in [0.2, 0.25) is 0 Å². The number of benzene rings is 1. The van der Waals surface area contributed by atoms with Crippen LogP contribution in [-0.2, 0) is 5.41 Å². The number of nitriles is 1. The number of hydrogen-bond acceptors (Lipinski definition) is 2. The maximum absolute atomic E-state index is 9.35. The van der Waals surface area contributed by atoms with Gasteiger partial charge >= 0.3 is 0 Å². The zero-order valence-electron chi connectivity index (χ0n) is 12.2. The van der Waals surface area contributed by atoms with Crippen LogP contribution in [0, 0.1) is 16.7 Å². The van der Waals surface area contributed by atoms with Gasteiger partial charge in [0, 0.05) is 0 Å². The van der Waals surface area contributed by atoms with Crippen LogP contribution in [0.3, 0.4) is 0 Å². The second-order valence-electron chi connectivity index (χ2n) is 6.67. The second kappa shape index (κ2) is 5.25. The van der Waals surface area contributed by atoms with Crippen LogP contribution in [0.5, 0.6) is 5.75 Å². The molecule has 0 N–H and O–H groups in total. The van der Waals surface area contributed by atoms with Gasteiger partial charge in [0.1, 0.15) is 12.4 Å². The molecule has 19 heavy (non-hydrogen) atoms. The highest BCUT2D eigenvalue weighted by molar-refractivity contribution is 5.32. The van der Waals surface area contributed by atoms with E-state index in [0.29, 0.717) is 6.61 Å². The molecule has 1 aromatic rings. The predicted molar refractivity (Wildman–Crippen MR) is 77.2 cm³/mol. The summed E-state index contributed by atoms with van der Waals surface area (Å²) in [5.41, 5.74) is 1.14. The van der Waals surface area contributed by atoms with Crippen LogP contribution in [-0.4, -0.2) is 6.61 Å². The van der Waals surface area contributed by atoms with Gasteiger partial charge in [-0.25, -0.2) is 0 Å². The Hall–Kier alpha value is -1.49. The summed E-state index contributed by atoms with van der Waals surface area (Å²) in [5, 5.41) is 9.35. The van der Waals surface area contributed by atoms with Crippen LogP contribution in [0.15, 0.2) is 24.3 Å². The van der Waals surface area contributed by atoms with Crippen molar-refractivity contribution in [2.45, 2.75) is 51.9 Å². The van der Waals surface area contributed by atoms with Crippen LogP contribution in [0.4, 0.5) is 0 Å². The maximum atomic E-state index is 9.35. The van der Waals surface area contributed by atoms with Crippen molar-refractivity contribution in [3.63, 3.8) is 0 Å². The Bertz CT molecular complexity index is 473. The Labute approximate surface area is 116 Å². The first-order chi connectivity index (χ1) is 8.95. The molecule has 0 unspecified atom stereocenters. The Morgan fingerprint density at radius 1 is 1.26 bits per heavy atom. The molecule has 1 saturated carbocycles. The lowest BCUT2D eigenvalue weighted by Gasteiger charge is -2.22.